The molecular formula is C26H35N5O4. The first-order valence-corrected chi connectivity index (χ1v) is 12.4. The van der Waals surface area contributed by atoms with Gasteiger partial charge in [0, 0.05) is 31.7 Å². The number of pyridine rings is 1. The van der Waals surface area contributed by atoms with E-state index in [9.17, 15) is 14.7 Å². The number of piperidine rings is 1. The van der Waals surface area contributed by atoms with E-state index in [0.29, 0.717) is 30.9 Å². The highest BCUT2D eigenvalue weighted by Gasteiger charge is 2.33. The number of para-hydroxylation sites is 2. The molecule has 1 aromatic carbocycles. The summed E-state index contributed by atoms with van der Waals surface area (Å²) in [6, 6.07) is 13.1. The number of carbonyl (C=O) groups is 2. The van der Waals surface area contributed by atoms with Crippen LogP contribution in [0.5, 0.6) is 5.75 Å². The number of hydrogen-bond donors (Lipinski definition) is 2. The Kier molecular flexibility index (Phi) is 8.41. The predicted molar refractivity (Wildman–Crippen MR) is 131 cm³/mol. The number of anilines is 2. The first kappa shape index (κ1) is 24.8. The van der Waals surface area contributed by atoms with Gasteiger partial charge in [-0.15, -0.1) is 0 Å². The number of ether oxygens (including phenoxy) is 1. The first-order chi connectivity index (χ1) is 17.0. The molecule has 0 bridgehead atoms. The van der Waals surface area contributed by atoms with Crippen LogP contribution in [0.3, 0.4) is 0 Å². The highest BCUT2D eigenvalue weighted by molar-refractivity contribution is 5.91. The summed E-state index contributed by atoms with van der Waals surface area (Å²) < 4.78 is 5.34. The Morgan fingerprint density at radius 1 is 1.11 bits per heavy atom. The lowest BCUT2D eigenvalue weighted by molar-refractivity contribution is -0.901. The number of likely N-dealkylation sites (tertiary alicyclic amines) is 1. The summed E-state index contributed by atoms with van der Waals surface area (Å²) in [7, 11) is 1.57. The number of quaternary nitrogens is 1. The second kappa shape index (κ2) is 11.9. The maximum atomic E-state index is 13.0. The van der Waals surface area contributed by atoms with Crippen molar-refractivity contribution in [3.63, 3.8) is 0 Å². The minimum absolute atomic E-state index is 0.0320. The maximum absolute atomic E-state index is 13.0. The van der Waals surface area contributed by atoms with Gasteiger partial charge in [0.05, 0.1) is 45.5 Å². The summed E-state index contributed by atoms with van der Waals surface area (Å²) in [6.45, 7) is 5.99. The molecule has 0 spiro atoms. The Balaban J connectivity index is 1.32. The third-order valence-corrected chi connectivity index (χ3v) is 7.27. The van der Waals surface area contributed by atoms with Crippen LogP contribution < -0.4 is 25.0 Å². The number of aromatic nitrogens is 1. The molecular weight excluding hydrogens is 446 g/mol. The summed E-state index contributed by atoms with van der Waals surface area (Å²) in [5.74, 6) is 0.779. The minimum Gasteiger partial charge on any atom is -0.550 e. The van der Waals surface area contributed by atoms with Crippen molar-refractivity contribution in [1.82, 2.24) is 9.88 Å². The normalized spacial score (nSPS) is 20.9. The van der Waals surface area contributed by atoms with Crippen LogP contribution in [0.25, 0.3) is 0 Å². The highest BCUT2D eigenvalue weighted by atomic mass is 16.5. The molecule has 2 aliphatic heterocycles. The first-order valence-electron chi connectivity index (χ1n) is 12.4. The second-order valence-electron chi connectivity index (χ2n) is 9.43. The van der Waals surface area contributed by atoms with Gasteiger partial charge in [-0.2, -0.15) is 0 Å². The Labute approximate surface area is 206 Å². The van der Waals surface area contributed by atoms with Crippen LogP contribution >= 0.6 is 0 Å². The number of piperazine rings is 1. The molecule has 35 heavy (non-hydrogen) atoms. The van der Waals surface area contributed by atoms with Gasteiger partial charge in [-0.05, 0) is 48.9 Å². The number of methoxy groups -OCH3 is 1. The van der Waals surface area contributed by atoms with Crippen molar-refractivity contribution in [2.24, 2.45) is 11.8 Å². The minimum atomic E-state index is -1.01. The third-order valence-electron chi connectivity index (χ3n) is 7.27. The van der Waals surface area contributed by atoms with Crippen LogP contribution in [-0.4, -0.2) is 74.8 Å². The molecule has 0 saturated carbocycles. The van der Waals surface area contributed by atoms with Gasteiger partial charge in [-0.1, -0.05) is 18.2 Å². The van der Waals surface area contributed by atoms with E-state index in [0.717, 1.165) is 45.0 Å². The number of rotatable bonds is 8. The van der Waals surface area contributed by atoms with E-state index >= 15 is 0 Å². The third kappa shape index (κ3) is 6.63. The number of carbonyl (C=O) groups excluding carboxylic acids is 2. The Hall–Kier alpha value is -3.33. The van der Waals surface area contributed by atoms with Crippen LogP contribution in [0.4, 0.5) is 16.3 Å². The van der Waals surface area contributed by atoms with E-state index in [-0.39, 0.29) is 24.3 Å². The predicted octanol–water partition coefficient (Wildman–Crippen LogP) is 0.495. The fraction of sp³-hybridized carbons (Fsp3) is 0.500. The Bertz CT molecular complexity index is 981. The van der Waals surface area contributed by atoms with Crippen LogP contribution in [0.2, 0.25) is 0 Å². The highest BCUT2D eigenvalue weighted by Crippen LogP contribution is 2.30. The van der Waals surface area contributed by atoms with Gasteiger partial charge in [-0.3, -0.25) is 0 Å². The van der Waals surface area contributed by atoms with Crippen LogP contribution in [0.15, 0.2) is 48.7 Å². The summed E-state index contributed by atoms with van der Waals surface area (Å²) in [5.41, 5.74) is 0.628. The van der Waals surface area contributed by atoms with E-state index < -0.39 is 5.97 Å². The molecule has 0 unspecified atom stereocenters. The monoisotopic (exact) mass is 481 g/mol. The molecule has 0 aliphatic carbocycles. The largest absolute Gasteiger partial charge is 0.550 e. The molecule has 3 heterocycles. The van der Waals surface area contributed by atoms with Crippen LogP contribution in [0.1, 0.15) is 19.3 Å². The van der Waals surface area contributed by atoms with Crippen molar-refractivity contribution in [1.29, 1.82) is 0 Å². The topological polar surface area (TPSA) is 102 Å². The number of nitrogens with one attached hydrogen (secondary N) is 2. The van der Waals surface area contributed by atoms with Gasteiger partial charge >= 0.3 is 6.03 Å². The van der Waals surface area contributed by atoms with Gasteiger partial charge in [0.1, 0.15) is 11.6 Å². The average molecular weight is 482 g/mol. The number of amides is 2. The molecule has 9 nitrogen and oxygen atoms in total. The lowest BCUT2D eigenvalue weighted by Crippen LogP contribution is -3.15. The molecule has 2 aromatic rings. The molecule has 2 amide bonds. The second-order valence-corrected chi connectivity index (χ2v) is 9.43. The smallest absolute Gasteiger partial charge is 0.321 e. The number of nitrogens with zero attached hydrogens (tertiary/aromatic N) is 3. The number of carboxylic acid groups (broad SMARTS) is 1. The number of hydrogen-bond acceptors (Lipinski definition) is 6. The summed E-state index contributed by atoms with van der Waals surface area (Å²) in [5, 5.41) is 14.3. The standard InChI is InChI=1S/C26H35N5O4/c1-35-23-7-3-2-6-22(23)28-26(34)31-13-10-20(18-25(32)33)21(19-31)9-12-29-14-16-30(17-15-29)24-8-4-5-11-27-24/h2-8,11,20-21H,9-10,12-19H2,1H3,(H,28,34)(H,32,33)/t20-,21-/m0/s1. The van der Waals surface area contributed by atoms with Gasteiger partial charge in [0.25, 0.3) is 0 Å². The zero-order chi connectivity index (χ0) is 24.6. The lowest BCUT2D eigenvalue weighted by atomic mass is 9.81. The Morgan fingerprint density at radius 3 is 2.60 bits per heavy atom. The van der Waals surface area contributed by atoms with Crippen LogP contribution in [0, 0.1) is 11.8 Å². The molecule has 2 aliphatic rings. The van der Waals surface area contributed by atoms with Crippen molar-refractivity contribution >= 4 is 23.5 Å². The van der Waals surface area contributed by atoms with Crippen molar-refractivity contribution in [3.05, 3.63) is 48.7 Å². The zero-order valence-electron chi connectivity index (χ0n) is 20.3. The molecule has 2 saturated heterocycles. The number of aliphatic carboxylic acids is 1. The fourth-order valence-electron chi connectivity index (χ4n) is 5.25. The van der Waals surface area contributed by atoms with Crippen LogP contribution in [-0.2, 0) is 4.79 Å². The van der Waals surface area contributed by atoms with Crippen molar-refractivity contribution in [3.8, 4) is 5.75 Å². The maximum Gasteiger partial charge on any atom is 0.321 e. The number of urea groups is 1. The summed E-state index contributed by atoms with van der Waals surface area (Å²) >= 11 is 0. The zero-order valence-corrected chi connectivity index (χ0v) is 20.3. The molecule has 2 atom stereocenters. The van der Waals surface area contributed by atoms with Crippen molar-refractivity contribution in [2.45, 2.75) is 19.3 Å². The summed E-state index contributed by atoms with van der Waals surface area (Å²) in [4.78, 5) is 34.5. The van der Waals surface area contributed by atoms with E-state index in [1.165, 1.54) is 4.90 Å². The quantitative estimate of drug-likeness (QED) is 0.569. The van der Waals surface area contributed by atoms with Crippen molar-refractivity contribution in [2.75, 3.05) is 63.1 Å². The fourth-order valence-corrected chi connectivity index (χ4v) is 5.25. The molecule has 1 aromatic heterocycles. The lowest BCUT2D eigenvalue weighted by Gasteiger charge is -2.40. The molecule has 4 rings (SSSR count). The summed E-state index contributed by atoms with van der Waals surface area (Å²) in [6.07, 6.45) is 3.43. The Morgan fingerprint density at radius 2 is 1.89 bits per heavy atom. The van der Waals surface area contributed by atoms with Gasteiger partial charge in [0.2, 0.25) is 0 Å². The van der Waals surface area contributed by atoms with Gasteiger partial charge in [0.15, 0.2) is 0 Å². The molecule has 2 fully saturated rings. The van der Waals surface area contributed by atoms with E-state index in [1.54, 1.807) is 18.1 Å². The van der Waals surface area contributed by atoms with E-state index in [4.69, 9.17) is 4.74 Å². The van der Waals surface area contributed by atoms with Gasteiger partial charge < -0.3 is 34.7 Å². The average Bonchev–Trinajstić information content (AvgIpc) is 2.89. The number of benzene rings is 1. The van der Waals surface area contributed by atoms with Gasteiger partial charge in [-0.25, -0.2) is 9.78 Å². The van der Waals surface area contributed by atoms with Crippen molar-refractivity contribution < 1.29 is 24.3 Å². The van der Waals surface area contributed by atoms with E-state index in [1.807, 2.05) is 42.6 Å². The molecule has 9 heteroatoms. The SMILES string of the molecule is COc1ccccc1NC(=O)N1CC[C@@H](CC(=O)[O-])[C@@H](CC[NH+]2CCN(c3ccccn3)CC2)C1. The molecule has 2 N–H and O–H groups in total. The molecule has 188 valence electrons. The number of carboxylic acids is 1. The van der Waals surface area contributed by atoms with E-state index in [2.05, 4.69) is 15.2 Å². The molecule has 0 radical (unpaired) electrons.